The number of benzene rings is 2. The summed E-state index contributed by atoms with van der Waals surface area (Å²) in [5.74, 6) is -2.73. The van der Waals surface area contributed by atoms with Crippen molar-refractivity contribution in [1.82, 2.24) is 16.0 Å². The number of rotatable bonds is 15. The monoisotopic (exact) mass is 578 g/mol. The second kappa shape index (κ2) is 15.9. The minimum Gasteiger partial charge on any atom is -0.508 e. The van der Waals surface area contributed by atoms with Gasteiger partial charge >= 0.3 is 5.97 Å². The van der Waals surface area contributed by atoms with Gasteiger partial charge in [-0.3, -0.25) is 14.4 Å². The molecule has 0 aliphatic rings. The standard InChI is InChI=1S/C26H34N4O7S2/c1-39-11-10-20(24(34)30-22(14-38)26(36)37)28-25(35)21(13-16-4-8-18(32)9-5-16)29-23(33)19(27)12-15-2-6-17(31)7-3-15/h2-9,19-22,31-32,38H,10-14,27H2,1H3,(H,28,35)(H,29,33)(H,30,34)(H,36,37). The van der Waals surface area contributed by atoms with Crippen molar-refractivity contribution in [2.24, 2.45) is 5.73 Å². The van der Waals surface area contributed by atoms with Crippen LogP contribution in [0.2, 0.25) is 0 Å². The molecule has 4 unspecified atom stereocenters. The highest BCUT2D eigenvalue weighted by Gasteiger charge is 2.30. The van der Waals surface area contributed by atoms with Crippen molar-refractivity contribution in [2.45, 2.75) is 43.4 Å². The Labute approximate surface area is 236 Å². The Balaban J connectivity index is 2.21. The third-order valence-electron chi connectivity index (χ3n) is 5.78. The van der Waals surface area contributed by atoms with Crippen molar-refractivity contribution in [3.8, 4) is 11.5 Å². The molecule has 2 aromatic carbocycles. The molecule has 212 valence electrons. The number of aromatic hydroxyl groups is 2. The van der Waals surface area contributed by atoms with E-state index in [0.717, 1.165) is 0 Å². The van der Waals surface area contributed by atoms with Crippen LogP contribution in [0.3, 0.4) is 0 Å². The average molecular weight is 579 g/mol. The topological polar surface area (TPSA) is 191 Å². The molecule has 4 atom stereocenters. The number of thioether (sulfide) groups is 1. The normalized spacial score (nSPS) is 13.9. The molecule has 0 aliphatic carbocycles. The fourth-order valence-corrected chi connectivity index (χ4v) is 4.29. The summed E-state index contributed by atoms with van der Waals surface area (Å²) in [6, 6.07) is 7.87. The zero-order chi connectivity index (χ0) is 28.9. The van der Waals surface area contributed by atoms with E-state index in [1.165, 1.54) is 36.0 Å². The van der Waals surface area contributed by atoms with Crippen LogP contribution in [0.4, 0.5) is 0 Å². The van der Waals surface area contributed by atoms with Gasteiger partial charge in [-0.25, -0.2) is 4.79 Å². The van der Waals surface area contributed by atoms with E-state index in [1.807, 2.05) is 6.26 Å². The fraction of sp³-hybridized carbons (Fsp3) is 0.385. The molecule has 0 radical (unpaired) electrons. The van der Waals surface area contributed by atoms with Crippen molar-refractivity contribution in [1.29, 1.82) is 0 Å². The Morgan fingerprint density at radius 2 is 1.26 bits per heavy atom. The highest BCUT2D eigenvalue weighted by atomic mass is 32.2. The molecule has 0 fully saturated rings. The molecule has 3 amide bonds. The largest absolute Gasteiger partial charge is 0.508 e. The van der Waals surface area contributed by atoms with Gasteiger partial charge in [0, 0.05) is 12.2 Å². The van der Waals surface area contributed by atoms with E-state index < -0.39 is 47.9 Å². The molecule has 13 heteroatoms. The molecule has 0 aromatic heterocycles. The lowest BCUT2D eigenvalue weighted by Crippen LogP contribution is -2.58. The van der Waals surface area contributed by atoms with Gasteiger partial charge in [0.2, 0.25) is 17.7 Å². The summed E-state index contributed by atoms with van der Waals surface area (Å²) in [4.78, 5) is 50.5. The molecule has 2 rings (SSSR count). The number of thiol groups is 1. The Hall–Kier alpha value is -3.42. The number of phenolic OH excluding ortho intramolecular Hbond substituents is 2. The van der Waals surface area contributed by atoms with Crippen LogP contribution >= 0.6 is 24.4 Å². The van der Waals surface area contributed by atoms with E-state index in [4.69, 9.17) is 5.73 Å². The SMILES string of the molecule is CSCCC(NC(=O)C(Cc1ccc(O)cc1)NC(=O)C(N)Cc1ccc(O)cc1)C(=O)NC(CS)C(=O)O. The summed E-state index contributed by atoms with van der Waals surface area (Å²) in [7, 11) is 0. The number of carboxylic acids is 1. The highest BCUT2D eigenvalue weighted by Crippen LogP contribution is 2.13. The second-order valence-corrected chi connectivity index (χ2v) is 10.2. The average Bonchev–Trinajstić information content (AvgIpc) is 2.91. The van der Waals surface area contributed by atoms with E-state index in [2.05, 4.69) is 28.6 Å². The summed E-state index contributed by atoms with van der Waals surface area (Å²) >= 11 is 5.40. The lowest BCUT2D eigenvalue weighted by Gasteiger charge is -2.25. The molecule has 0 heterocycles. The molecule has 11 nitrogen and oxygen atoms in total. The molecule has 0 aliphatic heterocycles. The summed E-state index contributed by atoms with van der Waals surface area (Å²) in [6.07, 6.45) is 2.24. The van der Waals surface area contributed by atoms with Gasteiger partial charge in [0.1, 0.15) is 29.6 Å². The zero-order valence-electron chi connectivity index (χ0n) is 21.4. The van der Waals surface area contributed by atoms with Crippen LogP contribution in [-0.4, -0.2) is 80.9 Å². The molecule has 0 saturated carbocycles. The molecule has 0 saturated heterocycles. The maximum atomic E-state index is 13.4. The molecule has 0 spiro atoms. The van der Waals surface area contributed by atoms with Crippen LogP contribution in [0.5, 0.6) is 11.5 Å². The number of carbonyl (C=O) groups excluding carboxylic acids is 3. The maximum Gasteiger partial charge on any atom is 0.327 e. The third kappa shape index (κ3) is 10.7. The molecule has 0 bridgehead atoms. The lowest BCUT2D eigenvalue weighted by atomic mass is 10.0. The Bertz CT molecular complexity index is 1120. The number of nitrogens with one attached hydrogen (secondary N) is 3. The number of aliphatic carboxylic acids is 1. The zero-order valence-corrected chi connectivity index (χ0v) is 23.1. The lowest BCUT2D eigenvalue weighted by molar-refractivity contribution is -0.141. The number of nitrogens with two attached hydrogens (primary N) is 1. The van der Waals surface area contributed by atoms with Crippen molar-refractivity contribution in [2.75, 3.05) is 17.8 Å². The van der Waals surface area contributed by atoms with Crippen LogP contribution in [-0.2, 0) is 32.0 Å². The maximum absolute atomic E-state index is 13.4. The van der Waals surface area contributed by atoms with Crippen LogP contribution in [0.15, 0.2) is 48.5 Å². The van der Waals surface area contributed by atoms with E-state index in [9.17, 15) is 34.5 Å². The number of carbonyl (C=O) groups is 4. The van der Waals surface area contributed by atoms with Gasteiger partial charge in [0.05, 0.1) is 6.04 Å². The van der Waals surface area contributed by atoms with Gasteiger partial charge in [-0.1, -0.05) is 24.3 Å². The minimum atomic E-state index is -1.26. The molecular formula is C26H34N4O7S2. The summed E-state index contributed by atoms with van der Waals surface area (Å²) in [5.41, 5.74) is 7.43. The second-order valence-electron chi connectivity index (χ2n) is 8.83. The first-order valence-corrected chi connectivity index (χ1v) is 14.1. The van der Waals surface area contributed by atoms with Crippen molar-refractivity contribution < 1.29 is 34.5 Å². The number of phenols is 2. The van der Waals surface area contributed by atoms with Crippen LogP contribution in [0, 0.1) is 0 Å². The highest BCUT2D eigenvalue weighted by molar-refractivity contribution is 7.98. The van der Waals surface area contributed by atoms with Crippen molar-refractivity contribution in [3.63, 3.8) is 0 Å². The number of hydrogen-bond acceptors (Lipinski definition) is 9. The predicted octanol–water partition coefficient (Wildman–Crippen LogP) is 0.432. The Kier molecular flexibility index (Phi) is 12.9. The van der Waals surface area contributed by atoms with E-state index in [-0.39, 0.29) is 36.5 Å². The van der Waals surface area contributed by atoms with E-state index in [0.29, 0.717) is 16.9 Å². The van der Waals surface area contributed by atoms with Gasteiger partial charge in [-0.15, -0.1) is 0 Å². The van der Waals surface area contributed by atoms with Gasteiger partial charge in [0.25, 0.3) is 0 Å². The Morgan fingerprint density at radius 1 is 0.795 bits per heavy atom. The molecular weight excluding hydrogens is 544 g/mol. The summed E-state index contributed by atoms with van der Waals surface area (Å²) in [6.45, 7) is 0. The number of amides is 3. The first kappa shape index (κ1) is 31.8. The van der Waals surface area contributed by atoms with Crippen LogP contribution in [0.25, 0.3) is 0 Å². The molecule has 39 heavy (non-hydrogen) atoms. The number of hydrogen-bond donors (Lipinski definition) is 8. The first-order valence-electron chi connectivity index (χ1n) is 12.1. The van der Waals surface area contributed by atoms with Gasteiger partial charge in [-0.2, -0.15) is 24.4 Å². The van der Waals surface area contributed by atoms with E-state index in [1.54, 1.807) is 24.3 Å². The summed E-state index contributed by atoms with van der Waals surface area (Å²) < 4.78 is 0. The Morgan fingerprint density at radius 3 is 1.74 bits per heavy atom. The van der Waals surface area contributed by atoms with E-state index >= 15 is 0 Å². The molecule has 2 aromatic rings. The van der Waals surface area contributed by atoms with Crippen molar-refractivity contribution >= 4 is 48.1 Å². The van der Waals surface area contributed by atoms with Gasteiger partial charge < -0.3 is 37.0 Å². The smallest absolute Gasteiger partial charge is 0.327 e. The number of carboxylic acid groups (broad SMARTS) is 1. The molecule has 8 N–H and O–H groups in total. The first-order chi connectivity index (χ1) is 18.5. The van der Waals surface area contributed by atoms with Crippen LogP contribution in [0.1, 0.15) is 17.5 Å². The minimum absolute atomic E-state index is 0.0330. The predicted molar refractivity (Wildman–Crippen MR) is 152 cm³/mol. The van der Waals surface area contributed by atoms with Gasteiger partial charge in [0.15, 0.2) is 0 Å². The fourth-order valence-electron chi connectivity index (χ4n) is 3.57. The van der Waals surface area contributed by atoms with Crippen LogP contribution < -0.4 is 21.7 Å². The van der Waals surface area contributed by atoms with Crippen molar-refractivity contribution in [3.05, 3.63) is 59.7 Å². The third-order valence-corrected chi connectivity index (χ3v) is 6.79. The quantitative estimate of drug-likeness (QED) is 0.139. The summed E-state index contributed by atoms with van der Waals surface area (Å²) in [5, 5.41) is 36.0. The van der Waals surface area contributed by atoms with Gasteiger partial charge in [-0.05, 0) is 60.2 Å².